The first-order chi connectivity index (χ1) is 12.2. The Morgan fingerprint density at radius 3 is 2.48 bits per heavy atom. The SMILES string of the molecule is CCC(=NNC(=O)Cc1cccc2ccccc12)c1ccc(Cl)cc1. The first-order valence-electron chi connectivity index (χ1n) is 8.25. The molecule has 1 amide bonds. The number of amides is 1. The molecule has 0 unspecified atom stereocenters. The summed E-state index contributed by atoms with van der Waals surface area (Å²) in [4.78, 5) is 12.3. The fourth-order valence-corrected chi connectivity index (χ4v) is 2.90. The van der Waals surface area contributed by atoms with Gasteiger partial charge in [0.25, 0.3) is 0 Å². The smallest absolute Gasteiger partial charge is 0.244 e. The second-order valence-corrected chi connectivity index (χ2v) is 6.21. The van der Waals surface area contributed by atoms with Crippen LogP contribution in [0.4, 0.5) is 0 Å². The minimum Gasteiger partial charge on any atom is -0.273 e. The Hall–Kier alpha value is -2.65. The normalized spacial score (nSPS) is 11.5. The fraction of sp³-hybridized carbons (Fsp3) is 0.143. The second kappa shape index (κ2) is 7.95. The highest BCUT2D eigenvalue weighted by Crippen LogP contribution is 2.19. The van der Waals surface area contributed by atoms with Gasteiger partial charge in [-0.2, -0.15) is 5.10 Å². The summed E-state index contributed by atoms with van der Waals surface area (Å²) in [6, 6.07) is 21.5. The number of hydrazone groups is 1. The summed E-state index contributed by atoms with van der Waals surface area (Å²) in [5, 5.41) is 7.20. The zero-order valence-electron chi connectivity index (χ0n) is 14.0. The van der Waals surface area contributed by atoms with Crippen molar-refractivity contribution in [3.8, 4) is 0 Å². The molecule has 4 heteroatoms. The highest BCUT2D eigenvalue weighted by atomic mass is 35.5. The molecule has 0 atom stereocenters. The molecule has 126 valence electrons. The van der Waals surface area contributed by atoms with Crippen LogP contribution in [-0.4, -0.2) is 11.6 Å². The van der Waals surface area contributed by atoms with Crippen molar-refractivity contribution in [2.24, 2.45) is 5.10 Å². The van der Waals surface area contributed by atoms with Crippen LogP contribution < -0.4 is 5.43 Å². The maximum atomic E-state index is 12.3. The van der Waals surface area contributed by atoms with Crippen molar-refractivity contribution < 1.29 is 4.79 Å². The van der Waals surface area contributed by atoms with Crippen molar-refractivity contribution in [1.82, 2.24) is 5.43 Å². The molecule has 3 rings (SSSR count). The number of carbonyl (C=O) groups excluding carboxylic acids is 1. The summed E-state index contributed by atoms with van der Waals surface area (Å²) in [6.07, 6.45) is 1.01. The van der Waals surface area contributed by atoms with Crippen LogP contribution in [0.5, 0.6) is 0 Å². The average Bonchev–Trinajstić information content (AvgIpc) is 2.64. The van der Waals surface area contributed by atoms with E-state index >= 15 is 0 Å². The van der Waals surface area contributed by atoms with Gasteiger partial charge in [-0.1, -0.05) is 73.1 Å². The van der Waals surface area contributed by atoms with Crippen molar-refractivity contribution in [2.75, 3.05) is 0 Å². The van der Waals surface area contributed by atoms with Crippen molar-refractivity contribution in [3.63, 3.8) is 0 Å². The number of nitrogens with one attached hydrogen (secondary N) is 1. The van der Waals surface area contributed by atoms with E-state index in [1.54, 1.807) is 0 Å². The molecule has 0 aromatic heterocycles. The van der Waals surface area contributed by atoms with Crippen LogP contribution in [0.25, 0.3) is 10.8 Å². The van der Waals surface area contributed by atoms with E-state index in [9.17, 15) is 4.79 Å². The number of benzene rings is 3. The summed E-state index contributed by atoms with van der Waals surface area (Å²) in [5.74, 6) is -0.128. The highest BCUT2D eigenvalue weighted by molar-refractivity contribution is 6.30. The second-order valence-electron chi connectivity index (χ2n) is 5.77. The molecule has 0 aliphatic rings. The van der Waals surface area contributed by atoms with Gasteiger partial charge < -0.3 is 0 Å². The molecule has 3 nitrogen and oxygen atoms in total. The van der Waals surface area contributed by atoms with Gasteiger partial charge in [0, 0.05) is 5.02 Å². The summed E-state index contributed by atoms with van der Waals surface area (Å²) >= 11 is 5.92. The van der Waals surface area contributed by atoms with E-state index in [1.165, 1.54) is 0 Å². The Morgan fingerprint density at radius 2 is 1.72 bits per heavy atom. The summed E-state index contributed by atoms with van der Waals surface area (Å²) < 4.78 is 0. The lowest BCUT2D eigenvalue weighted by Crippen LogP contribution is -2.22. The third-order valence-electron chi connectivity index (χ3n) is 4.06. The molecule has 3 aromatic rings. The molecule has 0 aliphatic carbocycles. The van der Waals surface area contributed by atoms with E-state index in [0.717, 1.165) is 34.0 Å². The van der Waals surface area contributed by atoms with Gasteiger partial charge in [0.05, 0.1) is 12.1 Å². The number of nitrogens with zero attached hydrogens (tertiary/aromatic N) is 1. The van der Waals surface area contributed by atoms with Gasteiger partial charge in [0.1, 0.15) is 0 Å². The summed E-state index contributed by atoms with van der Waals surface area (Å²) in [5.41, 5.74) is 5.45. The Kier molecular flexibility index (Phi) is 5.46. The minimum atomic E-state index is -0.128. The van der Waals surface area contributed by atoms with Gasteiger partial charge in [0.15, 0.2) is 0 Å². The van der Waals surface area contributed by atoms with E-state index in [2.05, 4.69) is 10.5 Å². The Balaban J connectivity index is 1.74. The van der Waals surface area contributed by atoms with E-state index in [1.807, 2.05) is 73.7 Å². The molecule has 0 heterocycles. The van der Waals surface area contributed by atoms with Crippen molar-refractivity contribution in [2.45, 2.75) is 19.8 Å². The van der Waals surface area contributed by atoms with Crippen LogP contribution in [0.15, 0.2) is 71.8 Å². The molecule has 0 aliphatic heterocycles. The molecular formula is C21H19ClN2O. The van der Waals surface area contributed by atoms with Crippen LogP contribution in [0.1, 0.15) is 24.5 Å². The van der Waals surface area contributed by atoms with Crippen molar-refractivity contribution in [3.05, 3.63) is 82.9 Å². The lowest BCUT2D eigenvalue weighted by molar-refractivity contribution is -0.120. The largest absolute Gasteiger partial charge is 0.273 e. The van der Waals surface area contributed by atoms with Gasteiger partial charge in [-0.05, 0) is 40.5 Å². The molecule has 0 bridgehead atoms. The standard InChI is InChI=1S/C21H19ClN2O/c1-2-20(16-10-12-18(22)13-11-16)23-24-21(25)14-17-8-5-7-15-6-3-4-9-19(15)17/h3-13H,2,14H2,1H3,(H,24,25). The van der Waals surface area contributed by atoms with E-state index in [4.69, 9.17) is 11.6 Å². The predicted octanol–water partition coefficient (Wildman–Crippen LogP) is 4.97. The van der Waals surface area contributed by atoms with Crippen molar-refractivity contribution >= 4 is 34.0 Å². The quantitative estimate of drug-likeness (QED) is 0.512. The van der Waals surface area contributed by atoms with Crippen LogP contribution in [-0.2, 0) is 11.2 Å². The maximum Gasteiger partial charge on any atom is 0.244 e. The Morgan fingerprint density at radius 1 is 1.00 bits per heavy atom. The van der Waals surface area contributed by atoms with E-state index in [-0.39, 0.29) is 5.91 Å². The van der Waals surface area contributed by atoms with Gasteiger partial charge in [0.2, 0.25) is 5.91 Å². The monoisotopic (exact) mass is 350 g/mol. The van der Waals surface area contributed by atoms with Gasteiger partial charge in [-0.3, -0.25) is 4.79 Å². The first-order valence-corrected chi connectivity index (χ1v) is 8.63. The average molecular weight is 351 g/mol. The van der Waals surface area contributed by atoms with Crippen LogP contribution in [0.2, 0.25) is 5.02 Å². The highest BCUT2D eigenvalue weighted by Gasteiger charge is 2.07. The maximum absolute atomic E-state index is 12.3. The van der Waals surface area contributed by atoms with Crippen molar-refractivity contribution in [1.29, 1.82) is 0 Å². The van der Waals surface area contributed by atoms with Crippen LogP contribution in [0, 0.1) is 0 Å². The van der Waals surface area contributed by atoms with Gasteiger partial charge in [-0.25, -0.2) is 5.43 Å². The Labute approximate surface area is 152 Å². The summed E-state index contributed by atoms with van der Waals surface area (Å²) in [7, 11) is 0. The third-order valence-corrected chi connectivity index (χ3v) is 4.31. The summed E-state index contributed by atoms with van der Waals surface area (Å²) in [6.45, 7) is 2.00. The molecular weight excluding hydrogens is 332 g/mol. The first kappa shape index (κ1) is 17.2. The number of fused-ring (bicyclic) bond motifs is 1. The minimum absolute atomic E-state index is 0.128. The van der Waals surface area contributed by atoms with E-state index < -0.39 is 0 Å². The zero-order valence-corrected chi connectivity index (χ0v) is 14.8. The zero-order chi connectivity index (χ0) is 17.6. The predicted molar refractivity (Wildman–Crippen MR) is 104 cm³/mol. The van der Waals surface area contributed by atoms with Crippen LogP contribution in [0.3, 0.4) is 0 Å². The third kappa shape index (κ3) is 4.25. The number of halogens is 1. The molecule has 0 fully saturated rings. The molecule has 0 saturated heterocycles. The topological polar surface area (TPSA) is 41.5 Å². The molecule has 0 spiro atoms. The molecule has 1 N–H and O–H groups in total. The molecule has 25 heavy (non-hydrogen) atoms. The lowest BCUT2D eigenvalue weighted by atomic mass is 10.0. The van der Waals surface area contributed by atoms with Gasteiger partial charge >= 0.3 is 0 Å². The molecule has 0 radical (unpaired) electrons. The number of hydrogen-bond acceptors (Lipinski definition) is 2. The Bertz CT molecular complexity index is 911. The van der Waals surface area contributed by atoms with E-state index in [0.29, 0.717) is 11.4 Å². The molecule has 3 aromatic carbocycles. The fourth-order valence-electron chi connectivity index (χ4n) is 2.78. The number of carbonyl (C=O) groups is 1. The lowest BCUT2D eigenvalue weighted by Gasteiger charge is -2.07. The number of hydrogen-bond donors (Lipinski definition) is 1. The number of rotatable bonds is 5. The van der Waals surface area contributed by atoms with Gasteiger partial charge in [-0.15, -0.1) is 0 Å². The molecule has 0 saturated carbocycles. The van der Waals surface area contributed by atoms with Crippen LogP contribution >= 0.6 is 11.6 Å².